The van der Waals surface area contributed by atoms with Gasteiger partial charge in [-0.25, -0.2) is 14.8 Å². The van der Waals surface area contributed by atoms with Gasteiger partial charge in [0.1, 0.15) is 10.8 Å². The van der Waals surface area contributed by atoms with Gasteiger partial charge >= 0.3 is 5.97 Å². The molecule has 0 aliphatic carbocycles. The Labute approximate surface area is 178 Å². The van der Waals surface area contributed by atoms with E-state index in [9.17, 15) is 4.79 Å². The van der Waals surface area contributed by atoms with Crippen LogP contribution < -0.4 is 11.1 Å². The molecule has 7 heteroatoms. The highest BCUT2D eigenvalue weighted by Gasteiger charge is 2.16. The van der Waals surface area contributed by atoms with Gasteiger partial charge in [-0.2, -0.15) is 0 Å². The van der Waals surface area contributed by atoms with Gasteiger partial charge < -0.3 is 15.8 Å². The van der Waals surface area contributed by atoms with E-state index in [0.717, 1.165) is 37.6 Å². The predicted molar refractivity (Wildman–Crippen MR) is 122 cm³/mol. The standard InChI is InChI=1S/C23H22N4O2S/c1-13-10-14(2)26-21(20(13)24)25-12-15-8-9-19-18(11-15)27-22(30-19)16-6-4-5-7-17(16)23(28)29-3/h4-11H,12,24H2,1-3H3,(H,25,26). The number of nitrogen functional groups attached to an aromatic ring is 1. The number of nitrogens with zero attached hydrogens (tertiary/aromatic N) is 2. The average Bonchev–Trinajstić information content (AvgIpc) is 3.18. The van der Waals surface area contributed by atoms with E-state index in [-0.39, 0.29) is 5.97 Å². The van der Waals surface area contributed by atoms with Gasteiger partial charge in [-0.1, -0.05) is 24.3 Å². The summed E-state index contributed by atoms with van der Waals surface area (Å²) in [6.07, 6.45) is 0. The zero-order valence-electron chi connectivity index (χ0n) is 17.0. The molecule has 152 valence electrons. The Morgan fingerprint density at radius 2 is 1.93 bits per heavy atom. The van der Waals surface area contributed by atoms with Crippen LogP contribution in [0.2, 0.25) is 0 Å². The number of nitrogens with one attached hydrogen (secondary N) is 1. The number of esters is 1. The van der Waals surface area contributed by atoms with E-state index in [1.165, 1.54) is 7.11 Å². The molecule has 4 aromatic rings. The topological polar surface area (TPSA) is 90.1 Å². The molecule has 4 rings (SSSR count). The molecule has 0 radical (unpaired) electrons. The lowest BCUT2D eigenvalue weighted by Crippen LogP contribution is -2.06. The number of anilines is 2. The number of ether oxygens (including phenoxy) is 1. The van der Waals surface area contributed by atoms with Gasteiger partial charge in [-0.3, -0.25) is 0 Å². The number of thiazole rings is 1. The zero-order chi connectivity index (χ0) is 21.3. The first kappa shape index (κ1) is 19.8. The Morgan fingerprint density at radius 1 is 1.13 bits per heavy atom. The first-order valence-electron chi connectivity index (χ1n) is 9.51. The van der Waals surface area contributed by atoms with Crippen molar-refractivity contribution in [3.8, 4) is 10.6 Å². The molecule has 0 fully saturated rings. The van der Waals surface area contributed by atoms with Crippen molar-refractivity contribution in [2.24, 2.45) is 0 Å². The largest absolute Gasteiger partial charge is 0.465 e. The van der Waals surface area contributed by atoms with E-state index < -0.39 is 0 Å². The number of aromatic nitrogens is 2. The van der Waals surface area contributed by atoms with Crippen LogP contribution in [0.4, 0.5) is 11.5 Å². The van der Waals surface area contributed by atoms with E-state index in [2.05, 4.69) is 16.4 Å². The number of hydrogen-bond acceptors (Lipinski definition) is 7. The summed E-state index contributed by atoms with van der Waals surface area (Å²) in [5.41, 5.74) is 12.0. The van der Waals surface area contributed by atoms with Crippen molar-refractivity contribution in [2.75, 3.05) is 18.2 Å². The summed E-state index contributed by atoms with van der Waals surface area (Å²) in [7, 11) is 1.38. The molecule has 0 unspecified atom stereocenters. The van der Waals surface area contributed by atoms with Crippen LogP contribution in [-0.4, -0.2) is 23.0 Å². The summed E-state index contributed by atoms with van der Waals surface area (Å²) in [6.45, 7) is 4.51. The number of aryl methyl sites for hydroxylation is 2. The van der Waals surface area contributed by atoms with Gasteiger partial charge in [0, 0.05) is 17.8 Å². The minimum absolute atomic E-state index is 0.367. The normalized spacial score (nSPS) is 10.9. The van der Waals surface area contributed by atoms with Gasteiger partial charge in [0.2, 0.25) is 0 Å². The highest BCUT2D eigenvalue weighted by Crippen LogP contribution is 2.33. The molecular formula is C23H22N4O2S. The molecule has 30 heavy (non-hydrogen) atoms. The average molecular weight is 419 g/mol. The summed E-state index contributed by atoms with van der Waals surface area (Å²) in [4.78, 5) is 21.4. The summed E-state index contributed by atoms with van der Waals surface area (Å²) in [6, 6.07) is 15.5. The number of fused-ring (bicyclic) bond motifs is 1. The molecule has 0 amide bonds. The third kappa shape index (κ3) is 3.84. The van der Waals surface area contributed by atoms with Gasteiger partial charge in [0.25, 0.3) is 0 Å². The smallest absolute Gasteiger partial charge is 0.338 e. The number of benzene rings is 2. The zero-order valence-corrected chi connectivity index (χ0v) is 17.8. The van der Waals surface area contributed by atoms with Crippen LogP contribution in [0.1, 0.15) is 27.2 Å². The maximum Gasteiger partial charge on any atom is 0.338 e. The van der Waals surface area contributed by atoms with Crippen molar-refractivity contribution < 1.29 is 9.53 Å². The second-order valence-corrected chi connectivity index (χ2v) is 8.09. The van der Waals surface area contributed by atoms with Crippen molar-refractivity contribution >= 4 is 39.0 Å². The van der Waals surface area contributed by atoms with E-state index in [1.807, 2.05) is 50.2 Å². The number of rotatable bonds is 5. The number of pyridine rings is 1. The molecule has 2 aromatic carbocycles. The molecule has 0 aliphatic heterocycles. The number of methoxy groups -OCH3 is 1. The first-order chi connectivity index (χ1) is 14.5. The Balaban J connectivity index is 1.62. The Bertz CT molecular complexity index is 1250. The summed E-state index contributed by atoms with van der Waals surface area (Å²) >= 11 is 1.55. The van der Waals surface area contributed by atoms with Gasteiger partial charge in [0.15, 0.2) is 0 Å². The number of carbonyl (C=O) groups excluding carboxylic acids is 1. The molecule has 0 spiro atoms. The molecule has 6 nitrogen and oxygen atoms in total. The van der Waals surface area contributed by atoms with E-state index in [0.29, 0.717) is 23.6 Å². The Hall–Kier alpha value is -3.45. The minimum Gasteiger partial charge on any atom is -0.465 e. The van der Waals surface area contributed by atoms with E-state index >= 15 is 0 Å². The van der Waals surface area contributed by atoms with Crippen LogP contribution in [0.15, 0.2) is 48.5 Å². The van der Waals surface area contributed by atoms with Crippen LogP contribution in [0.5, 0.6) is 0 Å². The molecule has 0 saturated carbocycles. The Kier molecular flexibility index (Phi) is 5.37. The molecule has 2 heterocycles. The van der Waals surface area contributed by atoms with Gasteiger partial charge in [-0.05, 0) is 49.2 Å². The van der Waals surface area contributed by atoms with Crippen LogP contribution >= 0.6 is 11.3 Å². The van der Waals surface area contributed by atoms with Gasteiger partial charge in [0.05, 0.1) is 28.6 Å². The molecule has 2 aromatic heterocycles. The fourth-order valence-electron chi connectivity index (χ4n) is 3.32. The van der Waals surface area contributed by atoms with Crippen molar-refractivity contribution in [3.05, 3.63) is 70.9 Å². The van der Waals surface area contributed by atoms with Gasteiger partial charge in [-0.15, -0.1) is 11.3 Å². The first-order valence-corrected chi connectivity index (χ1v) is 10.3. The fourth-order valence-corrected chi connectivity index (χ4v) is 4.31. The predicted octanol–water partition coefficient (Wildman–Crippen LogP) is 4.96. The van der Waals surface area contributed by atoms with Crippen molar-refractivity contribution in [2.45, 2.75) is 20.4 Å². The molecular weight excluding hydrogens is 396 g/mol. The maximum absolute atomic E-state index is 12.1. The summed E-state index contributed by atoms with van der Waals surface area (Å²) < 4.78 is 5.96. The molecule has 3 N–H and O–H groups in total. The third-order valence-corrected chi connectivity index (χ3v) is 5.94. The van der Waals surface area contributed by atoms with E-state index in [1.54, 1.807) is 17.4 Å². The second-order valence-electron chi connectivity index (χ2n) is 7.05. The second kappa shape index (κ2) is 8.12. The Morgan fingerprint density at radius 3 is 2.73 bits per heavy atom. The monoisotopic (exact) mass is 418 g/mol. The van der Waals surface area contributed by atoms with Crippen molar-refractivity contribution in [3.63, 3.8) is 0 Å². The SMILES string of the molecule is COC(=O)c1ccccc1-c1nc2cc(CNc3nc(C)cc(C)c3N)ccc2s1. The number of nitrogens with two attached hydrogens (primary N) is 1. The lowest BCUT2D eigenvalue weighted by atomic mass is 10.1. The fraction of sp³-hybridized carbons (Fsp3) is 0.174. The lowest BCUT2D eigenvalue weighted by Gasteiger charge is -2.11. The molecule has 0 aliphatic rings. The van der Waals surface area contributed by atoms with E-state index in [4.69, 9.17) is 15.5 Å². The maximum atomic E-state index is 12.1. The highest BCUT2D eigenvalue weighted by atomic mass is 32.1. The van der Waals surface area contributed by atoms with Crippen LogP contribution in [0, 0.1) is 13.8 Å². The lowest BCUT2D eigenvalue weighted by molar-refractivity contribution is 0.0601. The highest BCUT2D eigenvalue weighted by molar-refractivity contribution is 7.21. The summed E-state index contributed by atoms with van der Waals surface area (Å²) in [5.74, 6) is 0.326. The molecule has 0 saturated heterocycles. The number of hydrogen-bond donors (Lipinski definition) is 2. The molecule has 0 atom stereocenters. The van der Waals surface area contributed by atoms with Crippen molar-refractivity contribution in [1.29, 1.82) is 0 Å². The van der Waals surface area contributed by atoms with Crippen LogP contribution in [0.25, 0.3) is 20.8 Å². The van der Waals surface area contributed by atoms with Crippen LogP contribution in [0.3, 0.4) is 0 Å². The number of carbonyl (C=O) groups is 1. The van der Waals surface area contributed by atoms with Crippen LogP contribution in [-0.2, 0) is 11.3 Å². The quantitative estimate of drug-likeness (QED) is 0.446. The summed E-state index contributed by atoms with van der Waals surface area (Å²) in [5, 5.41) is 4.11. The van der Waals surface area contributed by atoms with Crippen molar-refractivity contribution in [1.82, 2.24) is 9.97 Å². The third-order valence-electron chi connectivity index (χ3n) is 4.87. The minimum atomic E-state index is -0.367. The molecule has 0 bridgehead atoms.